The minimum absolute atomic E-state index is 0.0561. The molecule has 0 radical (unpaired) electrons. The Morgan fingerprint density at radius 1 is 0.971 bits per heavy atom. The molecule has 2 aromatic carbocycles. The van der Waals surface area contributed by atoms with E-state index in [1.807, 2.05) is 0 Å². The summed E-state index contributed by atoms with van der Waals surface area (Å²) in [6, 6.07) is 10.8. The van der Waals surface area contributed by atoms with Crippen molar-refractivity contribution >= 4 is 29.0 Å². The first kappa shape index (κ1) is 22.6. The molecule has 0 unspecified atom stereocenters. The number of fused-ring (bicyclic) bond motifs is 1. The van der Waals surface area contributed by atoms with Gasteiger partial charge in [-0.2, -0.15) is 0 Å². The Bertz CT molecular complexity index is 1280. The molecule has 3 aromatic rings. The summed E-state index contributed by atoms with van der Waals surface area (Å²) in [6.45, 7) is 1.18. The second-order valence-electron chi connectivity index (χ2n) is 8.36. The molecule has 0 bridgehead atoms. The number of amides is 2. The molecular formula is C25H22F2N4O4. The van der Waals surface area contributed by atoms with Gasteiger partial charge in [0.15, 0.2) is 23.1 Å². The number of halogens is 2. The van der Waals surface area contributed by atoms with E-state index in [1.54, 1.807) is 6.07 Å². The van der Waals surface area contributed by atoms with Crippen molar-refractivity contribution in [2.24, 2.45) is 5.41 Å². The van der Waals surface area contributed by atoms with Crippen molar-refractivity contribution in [1.29, 1.82) is 0 Å². The van der Waals surface area contributed by atoms with Crippen LogP contribution < -0.4 is 25.4 Å². The number of hydrogen-bond acceptors (Lipinski definition) is 6. The highest BCUT2D eigenvalue weighted by molar-refractivity contribution is 6.16. The highest BCUT2D eigenvalue weighted by atomic mass is 19.1. The molecule has 2 amide bonds. The first-order valence-corrected chi connectivity index (χ1v) is 11.2. The molecule has 1 saturated carbocycles. The predicted octanol–water partition coefficient (Wildman–Crippen LogP) is 4.70. The van der Waals surface area contributed by atoms with Gasteiger partial charge in [0.05, 0.1) is 6.61 Å². The van der Waals surface area contributed by atoms with Crippen molar-refractivity contribution in [1.82, 2.24) is 4.98 Å². The Morgan fingerprint density at radius 2 is 1.69 bits per heavy atom. The Labute approximate surface area is 199 Å². The molecule has 8 nitrogen and oxygen atoms in total. The maximum absolute atomic E-state index is 14.8. The topological polar surface area (TPSA) is 102 Å². The van der Waals surface area contributed by atoms with Gasteiger partial charge in [-0.25, -0.2) is 13.8 Å². The summed E-state index contributed by atoms with van der Waals surface area (Å²) in [5, 5.41) is 8.38. The Balaban J connectivity index is 1.27. The van der Waals surface area contributed by atoms with Crippen LogP contribution in [0.2, 0.25) is 0 Å². The molecule has 0 spiro atoms. The Hall–Kier alpha value is -4.21. The molecule has 0 saturated heterocycles. The van der Waals surface area contributed by atoms with Crippen molar-refractivity contribution in [3.63, 3.8) is 0 Å². The van der Waals surface area contributed by atoms with E-state index in [9.17, 15) is 18.4 Å². The van der Waals surface area contributed by atoms with Gasteiger partial charge in [-0.1, -0.05) is 0 Å². The molecular weight excluding hydrogens is 458 g/mol. The largest absolute Gasteiger partial charge is 0.486 e. The Morgan fingerprint density at radius 3 is 2.40 bits per heavy atom. The van der Waals surface area contributed by atoms with Gasteiger partial charge >= 0.3 is 0 Å². The van der Waals surface area contributed by atoms with E-state index >= 15 is 0 Å². The van der Waals surface area contributed by atoms with E-state index in [-0.39, 0.29) is 11.4 Å². The maximum Gasteiger partial charge on any atom is 0.240 e. The summed E-state index contributed by atoms with van der Waals surface area (Å²) in [4.78, 5) is 29.8. The van der Waals surface area contributed by atoms with Crippen LogP contribution in [0.25, 0.3) is 0 Å². The van der Waals surface area contributed by atoms with E-state index in [1.165, 1.54) is 42.6 Å². The molecule has 0 atom stereocenters. The van der Waals surface area contributed by atoms with Crippen LogP contribution in [-0.4, -0.2) is 29.9 Å². The molecule has 5 rings (SSSR count). The lowest BCUT2D eigenvalue weighted by Crippen LogP contribution is -2.35. The third kappa shape index (κ3) is 4.72. The highest BCUT2D eigenvalue weighted by Crippen LogP contribution is 2.47. The van der Waals surface area contributed by atoms with Crippen molar-refractivity contribution in [3.05, 3.63) is 66.4 Å². The summed E-state index contributed by atoms with van der Waals surface area (Å²) < 4.78 is 39.3. The van der Waals surface area contributed by atoms with Gasteiger partial charge in [-0.15, -0.1) is 0 Å². The number of aromatic nitrogens is 1. The molecule has 180 valence electrons. The quantitative estimate of drug-likeness (QED) is 0.442. The minimum atomic E-state index is -1.25. The summed E-state index contributed by atoms with van der Waals surface area (Å²) in [7, 11) is 0. The summed E-state index contributed by atoms with van der Waals surface area (Å²) in [5.74, 6) is -0.968. The maximum atomic E-state index is 14.8. The first-order chi connectivity index (χ1) is 16.9. The van der Waals surface area contributed by atoms with Gasteiger partial charge in [0.1, 0.15) is 11.2 Å². The second-order valence-corrected chi connectivity index (χ2v) is 8.36. The van der Waals surface area contributed by atoms with Gasteiger partial charge in [0.25, 0.3) is 0 Å². The fourth-order valence-electron chi connectivity index (χ4n) is 3.73. The number of hydrogen-bond donors (Lipinski definition) is 3. The number of pyridine rings is 1. The second kappa shape index (κ2) is 9.21. The zero-order valence-electron chi connectivity index (χ0n) is 18.6. The van der Waals surface area contributed by atoms with Crippen LogP contribution in [0.15, 0.2) is 54.7 Å². The third-order valence-corrected chi connectivity index (χ3v) is 5.86. The number of carbonyl (C=O) groups excluding carboxylic acids is 2. The van der Waals surface area contributed by atoms with Gasteiger partial charge in [0, 0.05) is 36.2 Å². The first-order valence-electron chi connectivity index (χ1n) is 11.2. The number of ether oxygens (including phenoxy) is 2. The summed E-state index contributed by atoms with van der Waals surface area (Å²) in [6.07, 6.45) is 3.05. The molecule has 1 aliphatic carbocycles. The minimum Gasteiger partial charge on any atom is -0.486 e. The molecule has 1 fully saturated rings. The van der Waals surface area contributed by atoms with Crippen molar-refractivity contribution < 1.29 is 27.8 Å². The molecule has 1 aliphatic heterocycles. The van der Waals surface area contributed by atoms with Crippen LogP contribution in [0.1, 0.15) is 19.3 Å². The standard InChI is InChI=1S/C25H22F2N4O4/c26-15-2-4-16(5-3-15)30-23(32)25(9-10-25)24(33)31-17-6-7-19(18(27)14-17)35-20-8-12-29-22-21(20)34-13-1-11-28-22/h2-8,12,14H,1,9-11,13H2,(H,28,29)(H,30,32)(H,31,33). The van der Waals surface area contributed by atoms with Crippen molar-refractivity contribution in [3.8, 4) is 17.2 Å². The van der Waals surface area contributed by atoms with Gasteiger partial charge in [-0.3, -0.25) is 9.59 Å². The molecule has 1 aromatic heterocycles. The van der Waals surface area contributed by atoms with Gasteiger partial charge in [0.2, 0.25) is 17.6 Å². The van der Waals surface area contributed by atoms with Crippen LogP contribution in [0.4, 0.5) is 26.0 Å². The normalized spacial score (nSPS) is 15.5. The smallest absolute Gasteiger partial charge is 0.240 e. The van der Waals surface area contributed by atoms with E-state index in [0.717, 1.165) is 12.5 Å². The number of anilines is 3. The van der Waals surface area contributed by atoms with Crippen LogP contribution >= 0.6 is 0 Å². The average molecular weight is 480 g/mol. The van der Waals surface area contributed by atoms with Crippen LogP contribution in [0, 0.1) is 17.0 Å². The number of carbonyl (C=O) groups is 2. The highest BCUT2D eigenvalue weighted by Gasteiger charge is 2.56. The summed E-state index contributed by atoms with van der Waals surface area (Å²) in [5.41, 5.74) is -0.678. The monoisotopic (exact) mass is 480 g/mol. The zero-order valence-corrected chi connectivity index (χ0v) is 18.6. The van der Waals surface area contributed by atoms with E-state index in [2.05, 4.69) is 20.9 Å². The van der Waals surface area contributed by atoms with E-state index in [0.29, 0.717) is 49.0 Å². The van der Waals surface area contributed by atoms with Crippen LogP contribution in [-0.2, 0) is 9.59 Å². The molecule has 3 N–H and O–H groups in total. The van der Waals surface area contributed by atoms with E-state index in [4.69, 9.17) is 9.47 Å². The predicted molar refractivity (Wildman–Crippen MR) is 125 cm³/mol. The third-order valence-electron chi connectivity index (χ3n) is 5.86. The number of rotatable bonds is 6. The van der Waals surface area contributed by atoms with E-state index < -0.39 is 28.9 Å². The zero-order chi connectivity index (χ0) is 24.4. The molecule has 2 aliphatic rings. The number of nitrogens with zero attached hydrogens (tertiary/aromatic N) is 1. The molecule has 35 heavy (non-hydrogen) atoms. The Kier molecular flexibility index (Phi) is 5.94. The fraction of sp³-hybridized carbons (Fsp3) is 0.240. The molecule has 2 heterocycles. The van der Waals surface area contributed by atoms with Gasteiger partial charge in [-0.05, 0) is 55.7 Å². The lowest BCUT2D eigenvalue weighted by Gasteiger charge is -2.16. The van der Waals surface area contributed by atoms with Crippen molar-refractivity contribution in [2.75, 3.05) is 29.1 Å². The lowest BCUT2D eigenvalue weighted by atomic mass is 10.0. The average Bonchev–Trinajstić information content (AvgIpc) is 3.67. The fourth-order valence-corrected chi connectivity index (χ4v) is 3.73. The van der Waals surface area contributed by atoms with Crippen LogP contribution in [0.3, 0.4) is 0 Å². The lowest BCUT2D eigenvalue weighted by molar-refractivity contribution is -0.131. The molecule has 10 heteroatoms. The number of nitrogens with one attached hydrogen (secondary N) is 3. The van der Waals surface area contributed by atoms with Crippen molar-refractivity contribution in [2.45, 2.75) is 19.3 Å². The number of benzene rings is 2. The SMILES string of the molecule is O=C(Nc1ccc(F)cc1)C1(C(=O)Nc2ccc(Oc3ccnc4c3OCCCN4)c(F)c2)CC1. The summed E-state index contributed by atoms with van der Waals surface area (Å²) >= 11 is 0. The van der Waals surface area contributed by atoms with Crippen LogP contribution in [0.5, 0.6) is 17.2 Å². The van der Waals surface area contributed by atoms with Gasteiger partial charge < -0.3 is 25.4 Å².